The van der Waals surface area contributed by atoms with Crippen molar-refractivity contribution in [1.29, 1.82) is 0 Å². The molecule has 0 saturated heterocycles. The first kappa shape index (κ1) is 18.7. The van der Waals surface area contributed by atoms with Crippen LogP contribution in [0.2, 0.25) is 0 Å². The van der Waals surface area contributed by atoms with E-state index < -0.39 is 11.9 Å². The summed E-state index contributed by atoms with van der Waals surface area (Å²) in [5.41, 5.74) is 2.04. The zero-order valence-corrected chi connectivity index (χ0v) is 16.3. The largest absolute Gasteiger partial charge is 0.451 e. The first-order valence-electron chi connectivity index (χ1n) is 9.58. The number of hydrogen-bond donors (Lipinski definition) is 2. The molecular weight excluding hydrogens is 376 g/mol. The highest BCUT2D eigenvalue weighted by Gasteiger charge is 2.25. The van der Waals surface area contributed by atoms with Gasteiger partial charge in [0.05, 0.1) is 11.3 Å². The van der Waals surface area contributed by atoms with Gasteiger partial charge in [-0.25, -0.2) is 4.79 Å². The van der Waals surface area contributed by atoms with E-state index in [1.807, 2.05) is 6.07 Å². The molecule has 7 heteroatoms. The summed E-state index contributed by atoms with van der Waals surface area (Å²) < 4.78 is 5.17. The van der Waals surface area contributed by atoms with Crippen LogP contribution in [0.3, 0.4) is 0 Å². The lowest BCUT2D eigenvalue weighted by Crippen LogP contribution is -2.27. The molecule has 2 amide bonds. The van der Waals surface area contributed by atoms with Gasteiger partial charge in [0.2, 0.25) is 0 Å². The number of anilines is 1. The molecule has 2 aliphatic carbocycles. The van der Waals surface area contributed by atoms with Crippen LogP contribution in [0.25, 0.3) is 0 Å². The highest BCUT2D eigenvalue weighted by atomic mass is 32.1. The second-order valence-corrected chi connectivity index (χ2v) is 8.32. The third kappa shape index (κ3) is 4.42. The number of ether oxygens (including phenoxy) is 1. The second-order valence-electron chi connectivity index (χ2n) is 7.18. The van der Waals surface area contributed by atoms with Gasteiger partial charge in [-0.1, -0.05) is 12.1 Å². The SMILES string of the molecule is O=C(COC(=O)c1cc2c(s1)CCCC2)Nc1ccccc1C(=O)NC1CC1. The van der Waals surface area contributed by atoms with Crippen LogP contribution in [-0.2, 0) is 22.4 Å². The van der Waals surface area contributed by atoms with Crippen LogP contribution in [-0.4, -0.2) is 30.4 Å². The van der Waals surface area contributed by atoms with Gasteiger partial charge in [0.15, 0.2) is 6.61 Å². The Hall–Kier alpha value is -2.67. The zero-order valence-electron chi connectivity index (χ0n) is 15.5. The van der Waals surface area contributed by atoms with E-state index in [2.05, 4.69) is 10.6 Å². The molecule has 0 spiro atoms. The number of aryl methyl sites for hydroxylation is 2. The van der Waals surface area contributed by atoms with E-state index in [4.69, 9.17) is 4.74 Å². The van der Waals surface area contributed by atoms with Crippen molar-refractivity contribution in [2.24, 2.45) is 0 Å². The van der Waals surface area contributed by atoms with Crippen molar-refractivity contribution in [3.05, 3.63) is 51.2 Å². The summed E-state index contributed by atoms with van der Waals surface area (Å²) in [6, 6.07) is 8.93. The lowest BCUT2D eigenvalue weighted by Gasteiger charge is -2.11. The molecule has 2 aromatic rings. The standard InChI is InChI=1S/C21H22N2O4S/c24-19(12-27-21(26)18-11-13-5-1-4-8-17(13)28-18)23-16-7-3-2-6-15(16)20(25)22-14-9-10-14/h2-3,6-7,11,14H,1,4-5,8-10,12H2,(H,22,25)(H,23,24). The van der Waals surface area contributed by atoms with E-state index >= 15 is 0 Å². The van der Waals surface area contributed by atoms with Gasteiger partial charge < -0.3 is 15.4 Å². The van der Waals surface area contributed by atoms with Crippen LogP contribution in [0.1, 0.15) is 56.2 Å². The molecule has 1 fully saturated rings. The number of esters is 1. The fraction of sp³-hybridized carbons (Fsp3) is 0.381. The highest BCUT2D eigenvalue weighted by molar-refractivity contribution is 7.14. The molecule has 6 nitrogen and oxygen atoms in total. The van der Waals surface area contributed by atoms with Gasteiger partial charge in [0.25, 0.3) is 11.8 Å². The van der Waals surface area contributed by atoms with E-state index in [1.165, 1.54) is 21.8 Å². The van der Waals surface area contributed by atoms with Crippen LogP contribution < -0.4 is 10.6 Å². The molecule has 28 heavy (non-hydrogen) atoms. The fourth-order valence-electron chi connectivity index (χ4n) is 3.26. The third-order valence-corrected chi connectivity index (χ3v) is 6.11. The van der Waals surface area contributed by atoms with Crippen molar-refractivity contribution in [2.75, 3.05) is 11.9 Å². The van der Waals surface area contributed by atoms with Crippen molar-refractivity contribution < 1.29 is 19.1 Å². The summed E-state index contributed by atoms with van der Waals surface area (Å²) in [6.45, 7) is -0.389. The minimum atomic E-state index is -0.477. The quantitative estimate of drug-likeness (QED) is 0.731. The van der Waals surface area contributed by atoms with Crippen molar-refractivity contribution in [3.8, 4) is 0 Å². The van der Waals surface area contributed by atoms with Gasteiger partial charge in [0.1, 0.15) is 4.88 Å². The number of para-hydroxylation sites is 1. The normalized spacial score (nSPS) is 15.4. The molecule has 1 heterocycles. The summed E-state index contributed by atoms with van der Waals surface area (Å²) in [5.74, 6) is -1.16. The Bertz CT molecular complexity index is 893. The van der Waals surface area contributed by atoms with Crippen molar-refractivity contribution in [3.63, 3.8) is 0 Å². The van der Waals surface area contributed by atoms with Crippen LogP contribution in [0.15, 0.2) is 30.3 Å². The molecule has 0 aliphatic heterocycles. The monoisotopic (exact) mass is 398 g/mol. The average Bonchev–Trinajstić information content (AvgIpc) is 3.40. The van der Waals surface area contributed by atoms with E-state index in [9.17, 15) is 14.4 Å². The summed E-state index contributed by atoms with van der Waals surface area (Å²) in [4.78, 5) is 38.6. The van der Waals surface area contributed by atoms with E-state index in [1.54, 1.807) is 24.3 Å². The minimum Gasteiger partial charge on any atom is -0.451 e. The van der Waals surface area contributed by atoms with Crippen LogP contribution in [0.5, 0.6) is 0 Å². The van der Waals surface area contributed by atoms with Gasteiger partial charge in [-0.15, -0.1) is 11.3 Å². The zero-order chi connectivity index (χ0) is 19.5. The molecule has 1 aromatic carbocycles. The molecule has 0 atom stereocenters. The number of rotatable bonds is 6. The molecule has 146 valence electrons. The Morgan fingerprint density at radius 2 is 1.89 bits per heavy atom. The topological polar surface area (TPSA) is 84.5 Å². The Morgan fingerprint density at radius 3 is 2.68 bits per heavy atom. The number of amides is 2. The van der Waals surface area contributed by atoms with Crippen molar-refractivity contribution >= 4 is 34.8 Å². The van der Waals surface area contributed by atoms with Gasteiger partial charge in [-0.3, -0.25) is 9.59 Å². The Kier molecular flexibility index (Phi) is 5.43. The highest BCUT2D eigenvalue weighted by Crippen LogP contribution is 2.30. The maximum Gasteiger partial charge on any atom is 0.348 e. The van der Waals surface area contributed by atoms with Gasteiger partial charge >= 0.3 is 5.97 Å². The van der Waals surface area contributed by atoms with Crippen LogP contribution in [0, 0.1) is 0 Å². The molecule has 0 radical (unpaired) electrons. The molecule has 0 bridgehead atoms. The Balaban J connectivity index is 1.34. The maximum atomic E-state index is 12.3. The minimum absolute atomic E-state index is 0.209. The number of hydrogen-bond acceptors (Lipinski definition) is 5. The van der Waals surface area contributed by atoms with Crippen molar-refractivity contribution in [1.82, 2.24) is 5.32 Å². The van der Waals surface area contributed by atoms with Crippen LogP contribution >= 0.6 is 11.3 Å². The first-order chi connectivity index (χ1) is 13.6. The molecule has 2 aliphatic rings. The lowest BCUT2D eigenvalue weighted by atomic mass is 9.99. The molecule has 1 saturated carbocycles. The summed E-state index contributed by atoms with van der Waals surface area (Å²) in [6.07, 6.45) is 6.28. The van der Waals surface area contributed by atoms with Gasteiger partial charge in [-0.05, 0) is 62.3 Å². The number of benzene rings is 1. The van der Waals surface area contributed by atoms with Crippen molar-refractivity contribution in [2.45, 2.75) is 44.6 Å². The average molecular weight is 398 g/mol. The Labute approximate surface area is 167 Å². The van der Waals surface area contributed by atoms with E-state index in [0.717, 1.165) is 38.5 Å². The molecule has 4 rings (SSSR count). The molecular formula is C21H22N2O4S. The number of thiophene rings is 1. The van der Waals surface area contributed by atoms with E-state index in [-0.39, 0.29) is 18.6 Å². The number of fused-ring (bicyclic) bond motifs is 1. The smallest absolute Gasteiger partial charge is 0.348 e. The maximum absolute atomic E-state index is 12.3. The third-order valence-electron chi connectivity index (χ3n) is 4.89. The van der Waals surface area contributed by atoms with Crippen LogP contribution in [0.4, 0.5) is 5.69 Å². The lowest BCUT2D eigenvalue weighted by molar-refractivity contribution is -0.119. The Morgan fingerprint density at radius 1 is 1.11 bits per heavy atom. The molecule has 1 aromatic heterocycles. The number of carbonyl (C=O) groups excluding carboxylic acids is 3. The predicted molar refractivity (Wildman–Crippen MR) is 107 cm³/mol. The molecule has 2 N–H and O–H groups in total. The van der Waals surface area contributed by atoms with Gasteiger partial charge in [0, 0.05) is 10.9 Å². The molecule has 0 unspecified atom stereocenters. The fourth-order valence-corrected chi connectivity index (χ4v) is 4.41. The number of nitrogens with one attached hydrogen (secondary N) is 2. The van der Waals surface area contributed by atoms with E-state index in [0.29, 0.717) is 16.1 Å². The predicted octanol–water partition coefficient (Wildman–Crippen LogP) is 3.31. The second kappa shape index (κ2) is 8.14. The summed E-state index contributed by atoms with van der Waals surface area (Å²) in [7, 11) is 0. The number of carbonyl (C=O) groups is 3. The van der Waals surface area contributed by atoms with Gasteiger partial charge in [-0.2, -0.15) is 0 Å². The summed E-state index contributed by atoms with van der Waals surface area (Å²) >= 11 is 1.46. The summed E-state index contributed by atoms with van der Waals surface area (Å²) in [5, 5.41) is 5.57. The first-order valence-corrected chi connectivity index (χ1v) is 10.4.